The Kier molecular flexibility index (Phi) is 6.03. The van der Waals surface area contributed by atoms with Crippen molar-refractivity contribution in [3.05, 3.63) is 60.7 Å². The average molecular weight is 356 g/mol. The van der Waals surface area contributed by atoms with Gasteiger partial charge in [0.25, 0.3) is 0 Å². The van der Waals surface area contributed by atoms with E-state index in [1.54, 1.807) is 24.3 Å². The van der Waals surface area contributed by atoms with Crippen molar-refractivity contribution in [1.29, 1.82) is 0 Å². The van der Waals surface area contributed by atoms with Crippen LogP contribution in [-0.4, -0.2) is 26.3 Å². The van der Waals surface area contributed by atoms with E-state index in [0.717, 1.165) is 12.1 Å². The summed E-state index contributed by atoms with van der Waals surface area (Å²) >= 11 is 0. The number of para-hydroxylation sites is 1. The summed E-state index contributed by atoms with van der Waals surface area (Å²) < 4.78 is 65.2. The lowest BCUT2D eigenvalue weighted by molar-refractivity contribution is -0.253. The Bertz CT molecular complexity index is 732. The molecule has 0 amide bonds. The molecule has 134 valence electrons. The smallest absolute Gasteiger partial charge is 0.457 e. The van der Waals surface area contributed by atoms with Crippen molar-refractivity contribution in [2.24, 2.45) is 0 Å². The number of methoxy groups -OCH3 is 1. The third-order valence-corrected chi connectivity index (χ3v) is 3.13. The summed E-state index contributed by atoms with van der Waals surface area (Å²) in [4.78, 5) is 0. The summed E-state index contributed by atoms with van der Waals surface area (Å²) in [6.45, 7) is 4.17. The largest absolute Gasteiger partial charge is 0.461 e. The Balaban J connectivity index is 2.22. The third kappa shape index (κ3) is 4.96. The van der Waals surface area contributed by atoms with E-state index in [4.69, 9.17) is 9.47 Å². The lowest BCUT2D eigenvalue weighted by Gasteiger charge is -2.17. The highest BCUT2D eigenvalue weighted by molar-refractivity contribution is 5.69. The van der Waals surface area contributed by atoms with E-state index in [1.165, 1.54) is 19.2 Å². The third-order valence-electron chi connectivity index (χ3n) is 3.13. The molecule has 0 aliphatic rings. The molecule has 0 aliphatic carbocycles. The Labute approximate surface area is 142 Å². The van der Waals surface area contributed by atoms with E-state index in [9.17, 15) is 17.6 Å². The van der Waals surface area contributed by atoms with Gasteiger partial charge in [0.05, 0.1) is 6.61 Å². The number of benzene rings is 2. The zero-order valence-electron chi connectivity index (χ0n) is 13.3. The first kappa shape index (κ1) is 18.8. The summed E-state index contributed by atoms with van der Waals surface area (Å²) in [6.07, 6.45) is -8.52. The van der Waals surface area contributed by atoms with Crippen LogP contribution in [0.3, 0.4) is 0 Å². The zero-order valence-corrected chi connectivity index (χ0v) is 13.3. The van der Waals surface area contributed by atoms with Crippen LogP contribution >= 0.6 is 0 Å². The maximum Gasteiger partial charge on any atom is 0.461 e. The second-order valence-corrected chi connectivity index (χ2v) is 5.07. The summed E-state index contributed by atoms with van der Waals surface area (Å²) in [5, 5.41) is 0. The SMILES string of the molecule is C=C(COC)c1ccccc1Oc1cccc(OC(F)(F)C(F)F)c1. The fourth-order valence-corrected chi connectivity index (χ4v) is 2.03. The summed E-state index contributed by atoms with van der Waals surface area (Å²) in [5.41, 5.74) is 1.34. The van der Waals surface area contributed by atoms with Crippen LogP contribution in [0.2, 0.25) is 0 Å². The number of hydrogen-bond donors (Lipinski definition) is 0. The van der Waals surface area contributed by atoms with Crippen LogP contribution in [0.1, 0.15) is 5.56 Å². The second-order valence-electron chi connectivity index (χ2n) is 5.07. The Morgan fingerprint density at radius 2 is 1.76 bits per heavy atom. The minimum atomic E-state index is -4.58. The first-order valence-electron chi connectivity index (χ1n) is 7.22. The highest BCUT2D eigenvalue weighted by atomic mass is 19.3. The molecule has 0 aromatic heterocycles. The molecular formula is C18H16F4O3. The highest BCUT2D eigenvalue weighted by Gasteiger charge is 2.44. The minimum Gasteiger partial charge on any atom is -0.457 e. The van der Waals surface area contributed by atoms with Crippen LogP contribution in [0.4, 0.5) is 17.6 Å². The molecule has 25 heavy (non-hydrogen) atoms. The van der Waals surface area contributed by atoms with Crippen LogP contribution in [0.5, 0.6) is 17.2 Å². The van der Waals surface area contributed by atoms with Crippen molar-refractivity contribution >= 4 is 5.57 Å². The predicted octanol–water partition coefficient (Wildman–Crippen LogP) is 5.38. The second kappa shape index (κ2) is 8.02. The minimum absolute atomic E-state index is 0.153. The maximum absolute atomic E-state index is 13.0. The van der Waals surface area contributed by atoms with Crippen molar-refractivity contribution in [2.75, 3.05) is 13.7 Å². The molecular weight excluding hydrogens is 340 g/mol. The first-order chi connectivity index (χ1) is 11.8. The zero-order chi connectivity index (χ0) is 18.4. The quantitative estimate of drug-likeness (QED) is 0.595. The summed E-state index contributed by atoms with van der Waals surface area (Å²) in [5.74, 6) is 0.138. The van der Waals surface area contributed by atoms with Crippen molar-refractivity contribution in [2.45, 2.75) is 12.5 Å². The molecule has 0 heterocycles. The molecule has 0 saturated carbocycles. The van der Waals surface area contributed by atoms with E-state index in [0.29, 0.717) is 16.9 Å². The van der Waals surface area contributed by atoms with E-state index in [-0.39, 0.29) is 12.4 Å². The molecule has 0 fully saturated rings. The van der Waals surface area contributed by atoms with Crippen molar-refractivity contribution < 1.29 is 31.8 Å². The van der Waals surface area contributed by atoms with E-state index >= 15 is 0 Å². The molecule has 7 heteroatoms. The van der Waals surface area contributed by atoms with Crippen molar-refractivity contribution in [1.82, 2.24) is 0 Å². The lowest BCUT2D eigenvalue weighted by atomic mass is 10.1. The van der Waals surface area contributed by atoms with Crippen molar-refractivity contribution in [3.8, 4) is 17.2 Å². The van der Waals surface area contributed by atoms with Crippen LogP contribution in [0.25, 0.3) is 5.57 Å². The number of hydrogen-bond acceptors (Lipinski definition) is 3. The van der Waals surface area contributed by atoms with Gasteiger partial charge in [-0.05, 0) is 23.8 Å². The fraction of sp³-hybridized carbons (Fsp3) is 0.222. The van der Waals surface area contributed by atoms with Crippen LogP contribution in [0.15, 0.2) is 55.1 Å². The molecule has 2 rings (SSSR count). The van der Waals surface area contributed by atoms with Crippen LogP contribution in [0, 0.1) is 0 Å². The topological polar surface area (TPSA) is 27.7 Å². The molecule has 0 unspecified atom stereocenters. The predicted molar refractivity (Wildman–Crippen MR) is 85.4 cm³/mol. The molecule has 2 aromatic rings. The lowest BCUT2D eigenvalue weighted by Crippen LogP contribution is -2.33. The van der Waals surface area contributed by atoms with E-state index in [2.05, 4.69) is 11.3 Å². The molecule has 0 saturated heterocycles. The van der Waals surface area contributed by atoms with Gasteiger partial charge < -0.3 is 14.2 Å². The number of rotatable bonds is 8. The molecule has 0 aliphatic heterocycles. The fourth-order valence-electron chi connectivity index (χ4n) is 2.03. The van der Waals surface area contributed by atoms with Gasteiger partial charge in [0, 0.05) is 18.7 Å². The van der Waals surface area contributed by atoms with Gasteiger partial charge in [-0.25, -0.2) is 0 Å². The molecule has 0 N–H and O–H groups in total. The standard InChI is InChI=1S/C18H16F4O3/c1-12(11-23-2)15-8-3-4-9-16(15)24-13-6-5-7-14(10-13)25-18(21,22)17(19)20/h3-10,17H,1,11H2,2H3. The molecule has 3 nitrogen and oxygen atoms in total. The molecule has 2 aromatic carbocycles. The van der Waals surface area contributed by atoms with Gasteiger partial charge in [-0.1, -0.05) is 30.8 Å². The van der Waals surface area contributed by atoms with Gasteiger partial charge in [0.1, 0.15) is 17.2 Å². The van der Waals surface area contributed by atoms with Gasteiger partial charge in [0.2, 0.25) is 0 Å². The van der Waals surface area contributed by atoms with E-state index in [1.807, 2.05) is 0 Å². The highest BCUT2D eigenvalue weighted by Crippen LogP contribution is 2.33. The maximum atomic E-state index is 13.0. The van der Waals surface area contributed by atoms with Gasteiger partial charge in [-0.3, -0.25) is 0 Å². The van der Waals surface area contributed by atoms with Gasteiger partial charge in [-0.2, -0.15) is 17.6 Å². The first-order valence-corrected chi connectivity index (χ1v) is 7.22. The van der Waals surface area contributed by atoms with Crippen molar-refractivity contribution in [3.63, 3.8) is 0 Å². The summed E-state index contributed by atoms with van der Waals surface area (Å²) in [6, 6.07) is 12.0. The molecule has 0 spiro atoms. The number of alkyl halides is 4. The number of halogens is 4. The Morgan fingerprint density at radius 1 is 1.08 bits per heavy atom. The summed E-state index contributed by atoms with van der Waals surface area (Å²) in [7, 11) is 1.53. The average Bonchev–Trinajstić information content (AvgIpc) is 2.55. The van der Waals surface area contributed by atoms with Gasteiger partial charge in [0.15, 0.2) is 0 Å². The van der Waals surface area contributed by atoms with E-state index < -0.39 is 18.3 Å². The van der Waals surface area contributed by atoms with Crippen LogP contribution in [-0.2, 0) is 4.74 Å². The number of ether oxygens (including phenoxy) is 3. The molecule has 0 atom stereocenters. The normalized spacial score (nSPS) is 11.4. The Morgan fingerprint density at radius 3 is 2.44 bits per heavy atom. The van der Waals surface area contributed by atoms with Crippen LogP contribution < -0.4 is 9.47 Å². The Hall–Kier alpha value is -2.54. The molecule has 0 bridgehead atoms. The monoisotopic (exact) mass is 356 g/mol. The van der Waals surface area contributed by atoms with Gasteiger partial charge in [-0.15, -0.1) is 0 Å². The molecule has 0 radical (unpaired) electrons. The van der Waals surface area contributed by atoms with Gasteiger partial charge >= 0.3 is 12.5 Å².